The predicted molar refractivity (Wildman–Crippen MR) is 85.2 cm³/mol. The number of rotatable bonds is 4. The van der Waals surface area contributed by atoms with Crippen LogP contribution in [0.25, 0.3) is 0 Å². The van der Waals surface area contributed by atoms with Gasteiger partial charge in [-0.1, -0.05) is 6.92 Å². The first-order valence-electron chi connectivity index (χ1n) is 7.86. The van der Waals surface area contributed by atoms with E-state index in [9.17, 15) is 27.2 Å². The molecule has 2 aromatic rings. The normalized spacial score (nSPS) is 14.2. The van der Waals surface area contributed by atoms with Crippen molar-refractivity contribution in [1.82, 2.24) is 4.98 Å². The number of pyridine rings is 1. The third kappa shape index (κ3) is 3.05. The zero-order valence-corrected chi connectivity index (χ0v) is 13.7. The van der Waals surface area contributed by atoms with E-state index in [2.05, 4.69) is 4.98 Å². The zero-order valence-electron chi connectivity index (χ0n) is 13.7. The van der Waals surface area contributed by atoms with Crippen molar-refractivity contribution in [1.29, 1.82) is 0 Å². The lowest BCUT2D eigenvalue weighted by Gasteiger charge is -2.21. The number of allylic oxidation sites excluding steroid dienone is 2. The average Bonchev–Trinajstić information content (AvgIpc) is 2.59. The molecule has 0 N–H and O–H groups in total. The number of fused-ring (bicyclic) bond motifs is 1. The Labute approximate surface area is 146 Å². The number of alkyl halides is 2. The van der Waals surface area contributed by atoms with Crippen molar-refractivity contribution in [3.05, 3.63) is 75.6 Å². The van der Waals surface area contributed by atoms with Crippen molar-refractivity contribution >= 4 is 11.6 Å². The maximum Gasteiger partial charge on any atom is 0.265 e. The van der Waals surface area contributed by atoms with Gasteiger partial charge in [0.1, 0.15) is 11.6 Å². The van der Waals surface area contributed by atoms with Gasteiger partial charge in [-0.25, -0.2) is 17.6 Å². The number of ketones is 2. The zero-order chi connectivity index (χ0) is 19.0. The molecule has 0 saturated heterocycles. The second-order valence-corrected chi connectivity index (χ2v) is 5.84. The molecule has 1 aliphatic rings. The van der Waals surface area contributed by atoms with Crippen LogP contribution in [-0.2, 0) is 6.42 Å². The number of hydrogen-bond donors (Lipinski definition) is 0. The highest BCUT2D eigenvalue weighted by atomic mass is 19.3. The van der Waals surface area contributed by atoms with E-state index in [0.717, 1.165) is 12.3 Å². The van der Waals surface area contributed by atoms with E-state index in [4.69, 9.17) is 0 Å². The standard InChI is InChI=1S/C19H13F4NO2/c1-2-12-13(7-11-4-3-9(8-24-11)19(22)23)18(26)16-14(17(12)25)5-10(20)6-15(16)21/h3-6,8,19H,2,7H2,1H3. The summed E-state index contributed by atoms with van der Waals surface area (Å²) in [6.07, 6.45) is -1.60. The minimum Gasteiger partial charge on any atom is -0.289 e. The van der Waals surface area contributed by atoms with Gasteiger partial charge < -0.3 is 0 Å². The van der Waals surface area contributed by atoms with Crippen molar-refractivity contribution in [2.45, 2.75) is 26.2 Å². The van der Waals surface area contributed by atoms with Gasteiger partial charge in [0, 0.05) is 46.7 Å². The van der Waals surface area contributed by atoms with Crippen LogP contribution in [0.3, 0.4) is 0 Å². The van der Waals surface area contributed by atoms with Gasteiger partial charge in [-0.15, -0.1) is 0 Å². The molecule has 1 aliphatic carbocycles. The molecule has 0 fully saturated rings. The van der Waals surface area contributed by atoms with Crippen LogP contribution in [0.4, 0.5) is 17.6 Å². The first-order chi connectivity index (χ1) is 12.3. The molecule has 0 amide bonds. The highest BCUT2D eigenvalue weighted by molar-refractivity contribution is 6.27. The van der Waals surface area contributed by atoms with E-state index < -0.39 is 35.2 Å². The Kier molecular flexibility index (Phi) is 4.71. The van der Waals surface area contributed by atoms with Gasteiger partial charge in [0.2, 0.25) is 0 Å². The number of Topliss-reactive ketones (excluding diaryl/α,β-unsaturated/α-hetero) is 2. The number of carbonyl (C=O) groups is 2. The van der Waals surface area contributed by atoms with Crippen LogP contribution in [0.5, 0.6) is 0 Å². The molecule has 1 aromatic heterocycles. The predicted octanol–water partition coefficient (Wildman–Crippen LogP) is 4.63. The minimum atomic E-state index is -2.67. The van der Waals surface area contributed by atoms with Gasteiger partial charge in [0.25, 0.3) is 6.43 Å². The second kappa shape index (κ2) is 6.82. The Bertz CT molecular complexity index is 933. The highest BCUT2D eigenvalue weighted by Crippen LogP contribution is 2.32. The molecule has 26 heavy (non-hydrogen) atoms. The van der Waals surface area contributed by atoms with Gasteiger partial charge in [0.15, 0.2) is 11.6 Å². The van der Waals surface area contributed by atoms with Crippen molar-refractivity contribution in [2.75, 3.05) is 0 Å². The number of nitrogens with zero attached hydrogens (tertiary/aromatic N) is 1. The van der Waals surface area contributed by atoms with Crippen LogP contribution in [0.15, 0.2) is 41.6 Å². The molecule has 3 nitrogen and oxygen atoms in total. The summed E-state index contributed by atoms with van der Waals surface area (Å²) in [5.74, 6) is -3.37. The number of aromatic nitrogens is 1. The fourth-order valence-electron chi connectivity index (χ4n) is 2.98. The molecular weight excluding hydrogens is 350 g/mol. The van der Waals surface area contributed by atoms with E-state index in [-0.39, 0.29) is 35.1 Å². The third-order valence-electron chi connectivity index (χ3n) is 4.25. The molecule has 1 aromatic carbocycles. The minimum absolute atomic E-state index is 0.0489. The fraction of sp³-hybridized carbons (Fsp3) is 0.211. The summed E-state index contributed by atoms with van der Waals surface area (Å²) in [6, 6.07) is 3.91. The monoisotopic (exact) mass is 363 g/mol. The smallest absolute Gasteiger partial charge is 0.265 e. The van der Waals surface area contributed by atoms with Crippen LogP contribution < -0.4 is 0 Å². The molecule has 134 valence electrons. The Balaban J connectivity index is 2.05. The average molecular weight is 363 g/mol. The SMILES string of the molecule is CCC1=C(Cc2ccc(C(F)F)cn2)C(=O)c2c(F)cc(F)cc2C1=O. The first-order valence-corrected chi connectivity index (χ1v) is 7.86. The van der Waals surface area contributed by atoms with Gasteiger partial charge in [-0.05, 0) is 24.6 Å². The Morgan fingerprint density at radius 2 is 1.77 bits per heavy atom. The van der Waals surface area contributed by atoms with Crippen LogP contribution in [0.2, 0.25) is 0 Å². The molecule has 7 heteroatoms. The van der Waals surface area contributed by atoms with Crippen molar-refractivity contribution in [3.63, 3.8) is 0 Å². The van der Waals surface area contributed by atoms with Gasteiger partial charge in [0.05, 0.1) is 5.56 Å². The van der Waals surface area contributed by atoms with Gasteiger partial charge in [-0.2, -0.15) is 0 Å². The molecular formula is C19H13F4NO2. The van der Waals surface area contributed by atoms with E-state index in [1.165, 1.54) is 12.1 Å². The molecule has 3 rings (SSSR count). The van der Waals surface area contributed by atoms with Crippen LogP contribution in [-0.4, -0.2) is 16.6 Å². The van der Waals surface area contributed by atoms with Gasteiger partial charge in [-0.3, -0.25) is 14.6 Å². The van der Waals surface area contributed by atoms with E-state index in [1.54, 1.807) is 6.92 Å². The molecule has 0 saturated carbocycles. The molecule has 0 aliphatic heterocycles. The number of benzene rings is 1. The number of halogens is 4. The highest BCUT2D eigenvalue weighted by Gasteiger charge is 2.34. The second-order valence-electron chi connectivity index (χ2n) is 5.84. The van der Waals surface area contributed by atoms with Crippen molar-refractivity contribution in [3.8, 4) is 0 Å². The molecule has 0 radical (unpaired) electrons. The Hall–Kier alpha value is -2.83. The largest absolute Gasteiger partial charge is 0.289 e. The molecule has 0 bridgehead atoms. The van der Waals surface area contributed by atoms with E-state index in [1.807, 2.05) is 0 Å². The lowest BCUT2D eigenvalue weighted by atomic mass is 9.81. The van der Waals surface area contributed by atoms with Gasteiger partial charge >= 0.3 is 0 Å². The number of hydrogen-bond acceptors (Lipinski definition) is 3. The van der Waals surface area contributed by atoms with Crippen LogP contribution in [0.1, 0.15) is 51.7 Å². The third-order valence-corrected chi connectivity index (χ3v) is 4.25. The lowest BCUT2D eigenvalue weighted by Crippen LogP contribution is -2.25. The molecule has 0 atom stereocenters. The summed E-state index contributed by atoms with van der Waals surface area (Å²) in [4.78, 5) is 29.2. The maximum absolute atomic E-state index is 14.1. The van der Waals surface area contributed by atoms with Crippen molar-refractivity contribution < 1.29 is 27.2 Å². The summed E-state index contributed by atoms with van der Waals surface area (Å²) >= 11 is 0. The first kappa shape index (κ1) is 18.0. The van der Waals surface area contributed by atoms with Crippen LogP contribution in [0, 0.1) is 11.6 Å². The molecule has 0 unspecified atom stereocenters. The summed E-state index contributed by atoms with van der Waals surface area (Å²) in [6.45, 7) is 1.65. The van der Waals surface area contributed by atoms with Crippen molar-refractivity contribution in [2.24, 2.45) is 0 Å². The Morgan fingerprint density at radius 1 is 1.04 bits per heavy atom. The van der Waals surface area contributed by atoms with Crippen LogP contribution >= 0.6 is 0 Å². The summed E-state index contributed by atoms with van der Waals surface area (Å²) < 4.78 is 52.8. The summed E-state index contributed by atoms with van der Waals surface area (Å²) in [5, 5.41) is 0. The topological polar surface area (TPSA) is 47.0 Å². The van der Waals surface area contributed by atoms with E-state index in [0.29, 0.717) is 11.8 Å². The molecule has 0 spiro atoms. The fourth-order valence-corrected chi connectivity index (χ4v) is 2.98. The lowest BCUT2D eigenvalue weighted by molar-refractivity contribution is 0.0966. The number of carbonyl (C=O) groups excluding carboxylic acids is 2. The quantitative estimate of drug-likeness (QED) is 0.745. The van der Waals surface area contributed by atoms with E-state index >= 15 is 0 Å². The molecule has 1 heterocycles. The summed E-state index contributed by atoms with van der Waals surface area (Å²) in [7, 11) is 0. The Morgan fingerprint density at radius 3 is 2.35 bits per heavy atom. The summed E-state index contributed by atoms with van der Waals surface area (Å²) in [5.41, 5.74) is -0.541. The maximum atomic E-state index is 14.1.